The summed E-state index contributed by atoms with van der Waals surface area (Å²) in [4.78, 5) is 1.50. The summed E-state index contributed by atoms with van der Waals surface area (Å²) in [6.45, 7) is 4.36. The highest BCUT2D eigenvalue weighted by Gasteiger charge is 1.56. The third-order valence-electron chi connectivity index (χ3n) is 0.500. The molecule has 0 saturated heterocycles. The summed E-state index contributed by atoms with van der Waals surface area (Å²) in [6.07, 6.45) is 2.64. The van der Waals surface area contributed by atoms with Crippen molar-refractivity contribution in [3.05, 3.63) is 16.0 Å². The van der Waals surface area contributed by atoms with Gasteiger partial charge < -0.3 is 11.1 Å². The highest BCUT2D eigenvalue weighted by Crippen LogP contribution is 1.76. The van der Waals surface area contributed by atoms with E-state index >= 15 is 0 Å². The Labute approximate surface area is 52.1 Å². The van der Waals surface area contributed by atoms with E-state index in [1.165, 1.54) is 17.8 Å². The van der Waals surface area contributed by atoms with Gasteiger partial charge in [0.15, 0.2) is 0 Å². The zero-order valence-electron chi connectivity index (χ0n) is 5.33. The van der Waals surface area contributed by atoms with E-state index in [4.69, 9.17) is 11.1 Å². The molecule has 0 aliphatic rings. The molecule has 8 heavy (non-hydrogen) atoms. The van der Waals surface area contributed by atoms with Crippen molar-refractivity contribution in [1.82, 2.24) is 0 Å². The summed E-state index contributed by atoms with van der Waals surface area (Å²) in [5.41, 5.74) is 13.5. The fourth-order valence-electron chi connectivity index (χ4n) is 0. The lowest BCUT2D eigenvalue weighted by atomic mass is 10.4. The van der Waals surface area contributed by atoms with Crippen LogP contribution in [0, 0.1) is 0 Å². The van der Waals surface area contributed by atoms with E-state index in [-0.39, 0.29) is 8.41 Å². The number of rotatable bonds is 1. The average molecular weight is 111 g/mol. The molecule has 0 unspecified atom stereocenters. The van der Waals surface area contributed by atoms with Crippen LogP contribution in [0.4, 0.5) is 0 Å². The first-order valence-electron chi connectivity index (χ1n) is 2.31. The summed E-state index contributed by atoms with van der Waals surface area (Å²) in [5.74, 6) is 0. The molecule has 0 aromatic carbocycles. The van der Waals surface area contributed by atoms with Gasteiger partial charge in [0.25, 0.3) is 0 Å². The highest BCUT2D eigenvalue weighted by atomic mass is 15.0. The molecule has 0 atom stereocenters. The summed E-state index contributed by atoms with van der Waals surface area (Å²) in [6, 6.07) is 0. The molecule has 0 fully saturated rings. The maximum Gasteiger partial charge on any atom is 0 e. The zero-order valence-corrected chi connectivity index (χ0v) is 5.33. The Balaban J connectivity index is -0.0000000575. The van der Waals surface area contributed by atoms with Gasteiger partial charge in [0.2, 0.25) is 0 Å². The van der Waals surface area contributed by atoms with Gasteiger partial charge in [-0.1, -0.05) is 26.7 Å². The van der Waals surface area contributed by atoms with Gasteiger partial charge in [0.05, 0.1) is 0 Å². The smallest absolute Gasteiger partial charge is 0 e. The van der Waals surface area contributed by atoms with Crippen LogP contribution in [-0.2, 0) is 0 Å². The van der Waals surface area contributed by atoms with E-state index in [2.05, 4.69) is 13.8 Å². The van der Waals surface area contributed by atoms with Crippen molar-refractivity contribution in [2.75, 3.05) is 0 Å². The maximum absolute atomic E-state index is 6.75. The standard InChI is InChI=1S/C4H10.B.N3/c1-3-4-2;;1-3-2/h3-4H2,1-2H3;;/q;;-1. The van der Waals surface area contributed by atoms with Gasteiger partial charge >= 0.3 is 0 Å². The molecule has 3 radical (unpaired) electrons. The minimum atomic E-state index is 0. The predicted octanol–water partition coefficient (Wildman–Crippen LogP) is 2.29. The van der Waals surface area contributed by atoms with Crippen molar-refractivity contribution in [1.29, 1.82) is 0 Å². The first kappa shape index (κ1) is 15.7. The number of unbranched alkanes of at least 4 members (excludes halogenated alkanes) is 1. The van der Waals surface area contributed by atoms with Gasteiger partial charge in [-0.2, -0.15) is 0 Å². The molecule has 3 nitrogen and oxygen atoms in total. The third-order valence-corrected chi connectivity index (χ3v) is 0.500. The van der Waals surface area contributed by atoms with Crippen molar-refractivity contribution >= 4 is 8.41 Å². The lowest BCUT2D eigenvalue weighted by molar-refractivity contribution is 0.886. The van der Waals surface area contributed by atoms with Crippen LogP contribution >= 0.6 is 0 Å². The van der Waals surface area contributed by atoms with Gasteiger partial charge in [-0.25, -0.2) is 0 Å². The Morgan fingerprint density at radius 2 is 1.25 bits per heavy atom. The van der Waals surface area contributed by atoms with Crippen molar-refractivity contribution in [3.8, 4) is 0 Å². The molecule has 0 aromatic rings. The molecule has 0 saturated carbocycles. The Hall–Kier alpha value is -0.625. The predicted molar refractivity (Wildman–Crippen MR) is 36.4 cm³/mol. The summed E-state index contributed by atoms with van der Waals surface area (Å²) < 4.78 is 0. The second kappa shape index (κ2) is 32.7. The lowest BCUT2D eigenvalue weighted by Crippen LogP contribution is -1.47. The molecule has 0 bridgehead atoms. The first-order chi connectivity index (χ1) is 3.33. The van der Waals surface area contributed by atoms with E-state index in [1.54, 1.807) is 0 Å². The van der Waals surface area contributed by atoms with Gasteiger partial charge in [-0.05, 0) is 0 Å². The lowest BCUT2D eigenvalue weighted by Gasteiger charge is -1.68. The molecule has 0 amide bonds. The molecule has 0 aliphatic heterocycles. The molecule has 0 aromatic heterocycles. The number of nitrogens with zero attached hydrogens (tertiary/aromatic N) is 3. The zero-order chi connectivity index (χ0) is 6.12. The van der Waals surface area contributed by atoms with Crippen LogP contribution in [0.5, 0.6) is 0 Å². The quantitative estimate of drug-likeness (QED) is 0.215. The van der Waals surface area contributed by atoms with E-state index < -0.39 is 0 Å². The molecule has 45 valence electrons. The van der Waals surface area contributed by atoms with Crippen molar-refractivity contribution < 1.29 is 0 Å². The van der Waals surface area contributed by atoms with Crippen LogP contribution in [-0.4, -0.2) is 8.41 Å². The molecular weight excluding hydrogens is 101 g/mol. The van der Waals surface area contributed by atoms with Crippen molar-refractivity contribution in [2.45, 2.75) is 26.7 Å². The highest BCUT2D eigenvalue weighted by molar-refractivity contribution is 5.75. The van der Waals surface area contributed by atoms with Crippen LogP contribution in [0.2, 0.25) is 0 Å². The van der Waals surface area contributed by atoms with Gasteiger partial charge in [0, 0.05) is 8.41 Å². The number of hydrogen-bond acceptors (Lipinski definition) is 0. The van der Waals surface area contributed by atoms with Crippen LogP contribution in [0.3, 0.4) is 0 Å². The Morgan fingerprint density at radius 1 is 1.12 bits per heavy atom. The monoisotopic (exact) mass is 111 g/mol. The van der Waals surface area contributed by atoms with E-state index in [0.29, 0.717) is 0 Å². The summed E-state index contributed by atoms with van der Waals surface area (Å²) >= 11 is 0. The van der Waals surface area contributed by atoms with Crippen LogP contribution in [0.1, 0.15) is 26.7 Å². The topological polar surface area (TPSA) is 58.7 Å². The first-order valence-corrected chi connectivity index (χ1v) is 2.31. The fourth-order valence-corrected chi connectivity index (χ4v) is 0. The van der Waals surface area contributed by atoms with Crippen LogP contribution < -0.4 is 0 Å². The molecule has 0 spiro atoms. The largest absolute Gasteiger partial charge is 0.373 e. The van der Waals surface area contributed by atoms with Crippen LogP contribution in [0.25, 0.3) is 16.0 Å². The molecule has 0 aliphatic carbocycles. The second-order valence-corrected chi connectivity index (χ2v) is 1.09. The minimum Gasteiger partial charge on any atom is -0.373 e. The van der Waals surface area contributed by atoms with Crippen molar-refractivity contribution in [3.63, 3.8) is 0 Å². The van der Waals surface area contributed by atoms with Gasteiger partial charge in [-0.3, -0.25) is 4.91 Å². The SMILES string of the molecule is CCCC.[B].[N-]=[N+]=[N-]. The fraction of sp³-hybridized carbons (Fsp3) is 1.00. The molecule has 4 heteroatoms. The van der Waals surface area contributed by atoms with E-state index in [9.17, 15) is 0 Å². The summed E-state index contributed by atoms with van der Waals surface area (Å²) in [7, 11) is 0. The third kappa shape index (κ3) is 732. The molecule has 0 N–H and O–H groups in total. The normalized spacial score (nSPS) is 4.75. The summed E-state index contributed by atoms with van der Waals surface area (Å²) in [5, 5.41) is 0. The molecule has 0 heterocycles. The Kier molecular flexibility index (Phi) is 63.9. The molecular formula is C4H10BN3-. The molecule has 0 rings (SSSR count). The second-order valence-electron chi connectivity index (χ2n) is 1.09. The Bertz CT molecular complexity index is 47.2. The van der Waals surface area contributed by atoms with Gasteiger partial charge in [0.1, 0.15) is 0 Å². The van der Waals surface area contributed by atoms with Crippen LogP contribution in [0.15, 0.2) is 0 Å². The van der Waals surface area contributed by atoms with E-state index in [1.807, 2.05) is 0 Å². The van der Waals surface area contributed by atoms with Crippen molar-refractivity contribution in [2.24, 2.45) is 0 Å². The minimum absolute atomic E-state index is 0. The average Bonchev–Trinajstić information content (AvgIpc) is 1.69. The van der Waals surface area contributed by atoms with Gasteiger partial charge in [-0.15, -0.1) is 0 Å². The maximum atomic E-state index is 6.75. The van der Waals surface area contributed by atoms with E-state index in [0.717, 1.165) is 0 Å². The number of hydrogen-bond donors (Lipinski definition) is 0. The Morgan fingerprint density at radius 3 is 1.25 bits per heavy atom.